The van der Waals surface area contributed by atoms with Crippen LogP contribution in [0, 0.1) is 0 Å². The van der Waals surface area contributed by atoms with Crippen LogP contribution in [0.1, 0.15) is 15.9 Å². The third-order valence-corrected chi connectivity index (χ3v) is 8.04. The topological polar surface area (TPSA) is 105 Å². The molecule has 0 aliphatic heterocycles. The van der Waals surface area contributed by atoms with Gasteiger partial charge in [0.25, 0.3) is 0 Å². The molecule has 2 amide bonds. The van der Waals surface area contributed by atoms with Gasteiger partial charge in [0, 0.05) is 11.4 Å². The minimum Gasteiger partial charge on any atom is -0.468 e. The average Bonchev–Trinajstić information content (AvgIpc) is 3.42. The highest BCUT2D eigenvalue weighted by molar-refractivity contribution is 7.93. The summed E-state index contributed by atoms with van der Waals surface area (Å²) in [7, 11) is -3.77. The number of carbonyl (C=O) groups excluding carboxylic acids is 2. The van der Waals surface area contributed by atoms with E-state index in [1.54, 1.807) is 17.5 Å². The molecule has 0 fully saturated rings. The Hall–Kier alpha value is -2.43. The van der Waals surface area contributed by atoms with Crippen molar-refractivity contribution in [1.82, 2.24) is 10.6 Å². The Kier molecular flexibility index (Phi) is 6.09. The Morgan fingerprint density at radius 1 is 1.00 bits per heavy atom. The van der Waals surface area contributed by atoms with Crippen LogP contribution in [-0.2, 0) is 26.0 Å². The van der Waals surface area contributed by atoms with Crippen LogP contribution in [0.5, 0.6) is 0 Å². The fourth-order valence-corrected chi connectivity index (χ4v) is 5.77. The molecular weight excluding hydrogens is 408 g/mol. The molecule has 0 radical (unpaired) electrons. The smallest absolute Gasteiger partial charge is 0.309 e. The number of furan rings is 1. The monoisotopic (exact) mass is 424 g/mol. The van der Waals surface area contributed by atoms with Gasteiger partial charge in [-0.1, -0.05) is 12.1 Å². The van der Waals surface area contributed by atoms with E-state index < -0.39 is 26.9 Å². The second-order valence-corrected chi connectivity index (χ2v) is 9.79. The SMILES string of the molecule is O=C(NCc1cccs1)C(=O)NC[C@@H](c1ccco1)S(=O)(=O)c1cccs1. The molecule has 27 heavy (non-hydrogen) atoms. The molecule has 3 aromatic rings. The van der Waals surface area contributed by atoms with Crippen molar-refractivity contribution >= 4 is 44.3 Å². The highest BCUT2D eigenvalue weighted by Crippen LogP contribution is 2.31. The maximum absolute atomic E-state index is 12.9. The van der Waals surface area contributed by atoms with Crippen molar-refractivity contribution in [3.63, 3.8) is 0 Å². The van der Waals surface area contributed by atoms with Gasteiger partial charge in [-0.05, 0) is 35.0 Å². The standard InChI is InChI=1S/C17H16N2O5S3/c20-16(18-10-12-4-2-8-25-12)17(21)19-11-14(13-5-1-7-24-13)27(22,23)15-6-3-9-26-15/h1-9,14H,10-11H2,(H,18,20)(H,19,21)/t14-/m0/s1. The molecule has 10 heteroatoms. The van der Waals surface area contributed by atoms with E-state index in [0.717, 1.165) is 16.2 Å². The minimum atomic E-state index is -3.77. The van der Waals surface area contributed by atoms with Gasteiger partial charge in [0.2, 0.25) is 0 Å². The minimum absolute atomic E-state index is 0.167. The first-order chi connectivity index (χ1) is 13.0. The third kappa shape index (κ3) is 4.65. The molecule has 3 rings (SSSR count). The van der Waals surface area contributed by atoms with Gasteiger partial charge in [0.05, 0.1) is 12.8 Å². The van der Waals surface area contributed by atoms with Gasteiger partial charge in [-0.25, -0.2) is 8.42 Å². The van der Waals surface area contributed by atoms with Crippen molar-refractivity contribution in [3.8, 4) is 0 Å². The third-order valence-electron chi connectivity index (χ3n) is 3.67. The molecule has 7 nitrogen and oxygen atoms in total. The zero-order valence-corrected chi connectivity index (χ0v) is 16.4. The molecule has 0 aliphatic carbocycles. The molecule has 2 N–H and O–H groups in total. The summed E-state index contributed by atoms with van der Waals surface area (Å²) in [5, 5.41) is 7.28. The van der Waals surface area contributed by atoms with Gasteiger partial charge in [-0.2, -0.15) is 0 Å². The number of hydrogen-bond donors (Lipinski definition) is 2. The number of carbonyl (C=O) groups is 2. The average molecular weight is 425 g/mol. The van der Waals surface area contributed by atoms with Crippen LogP contribution in [0.4, 0.5) is 0 Å². The first-order valence-corrected chi connectivity index (χ1v) is 11.2. The molecule has 0 saturated heterocycles. The fraction of sp³-hybridized carbons (Fsp3) is 0.176. The van der Waals surface area contributed by atoms with Crippen molar-refractivity contribution < 1.29 is 22.4 Å². The Balaban J connectivity index is 1.66. The van der Waals surface area contributed by atoms with Gasteiger partial charge >= 0.3 is 11.8 Å². The summed E-state index contributed by atoms with van der Waals surface area (Å²) < 4.78 is 31.1. The van der Waals surface area contributed by atoms with Crippen molar-refractivity contribution in [2.45, 2.75) is 16.0 Å². The van der Waals surface area contributed by atoms with Crippen LogP contribution in [0.3, 0.4) is 0 Å². The lowest BCUT2D eigenvalue weighted by Crippen LogP contribution is -2.41. The van der Waals surface area contributed by atoms with E-state index >= 15 is 0 Å². The van der Waals surface area contributed by atoms with Crippen LogP contribution in [0.2, 0.25) is 0 Å². The number of amides is 2. The summed E-state index contributed by atoms with van der Waals surface area (Å²) in [6.07, 6.45) is 1.36. The van der Waals surface area contributed by atoms with E-state index in [0.29, 0.717) is 0 Å². The first kappa shape index (κ1) is 19.3. The summed E-state index contributed by atoms with van der Waals surface area (Å²) in [5.41, 5.74) is 0. The quantitative estimate of drug-likeness (QED) is 0.567. The summed E-state index contributed by atoms with van der Waals surface area (Å²) in [6, 6.07) is 9.90. The Bertz CT molecular complexity index is 978. The van der Waals surface area contributed by atoms with E-state index in [4.69, 9.17) is 4.42 Å². The normalized spacial score (nSPS) is 12.4. The van der Waals surface area contributed by atoms with Crippen molar-refractivity contribution in [2.24, 2.45) is 0 Å². The molecule has 0 unspecified atom stereocenters. The van der Waals surface area contributed by atoms with Crippen LogP contribution >= 0.6 is 22.7 Å². The largest absolute Gasteiger partial charge is 0.468 e. The molecule has 0 aromatic carbocycles. The first-order valence-electron chi connectivity index (χ1n) is 7.87. The summed E-state index contributed by atoms with van der Waals surface area (Å²) in [5.74, 6) is -1.53. The highest BCUT2D eigenvalue weighted by atomic mass is 32.2. The van der Waals surface area contributed by atoms with E-state index in [2.05, 4.69) is 10.6 Å². The van der Waals surface area contributed by atoms with E-state index in [9.17, 15) is 18.0 Å². The summed E-state index contributed by atoms with van der Waals surface area (Å²) in [6.45, 7) is -0.0436. The van der Waals surface area contributed by atoms with Crippen molar-refractivity contribution in [3.05, 3.63) is 64.1 Å². The van der Waals surface area contributed by atoms with Gasteiger partial charge in [-0.3, -0.25) is 9.59 Å². The molecule has 3 heterocycles. The Labute approximate surface area is 163 Å². The summed E-state index contributed by atoms with van der Waals surface area (Å²) in [4.78, 5) is 24.9. The van der Waals surface area contributed by atoms with Gasteiger partial charge < -0.3 is 15.1 Å². The second-order valence-electron chi connectivity index (χ2n) is 5.45. The maximum Gasteiger partial charge on any atom is 0.309 e. The molecule has 0 bridgehead atoms. The van der Waals surface area contributed by atoms with Crippen molar-refractivity contribution in [2.75, 3.05) is 6.54 Å². The Morgan fingerprint density at radius 2 is 1.74 bits per heavy atom. The predicted octanol–water partition coefficient (Wildman–Crippen LogP) is 2.35. The van der Waals surface area contributed by atoms with E-state index in [-0.39, 0.29) is 23.1 Å². The number of rotatable bonds is 7. The number of thiophene rings is 2. The number of sulfone groups is 1. The van der Waals surface area contributed by atoms with Crippen LogP contribution in [0.25, 0.3) is 0 Å². The van der Waals surface area contributed by atoms with Gasteiger partial charge in [0.15, 0.2) is 9.84 Å². The summed E-state index contributed by atoms with van der Waals surface area (Å²) >= 11 is 2.54. The Morgan fingerprint density at radius 3 is 2.37 bits per heavy atom. The van der Waals surface area contributed by atoms with Crippen LogP contribution < -0.4 is 10.6 Å². The number of hydrogen-bond acceptors (Lipinski definition) is 7. The van der Waals surface area contributed by atoms with Gasteiger partial charge in [-0.15, -0.1) is 22.7 Å². The predicted molar refractivity (Wildman–Crippen MR) is 102 cm³/mol. The lowest BCUT2D eigenvalue weighted by molar-refractivity contribution is -0.139. The molecule has 0 spiro atoms. The highest BCUT2D eigenvalue weighted by Gasteiger charge is 2.33. The molecule has 0 saturated carbocycles. The molecule has 142 valence electrons. The van der Waals surface area contributed by atoms with E-state index in [1.807, 2.05) is 17.5 Å². The second kappa shape index (κ2) is 8.51. The maximum atomic E-state index is 12.9. The van der Waals surface area contributed by atoms with Crippen LogP contribution in [-0.4, -0.2) is 26.8 Å². The molecular formula is C17H16N2O5S3. The van der Waals surface area contributed by atoms with Crippen LogP contribution in [0.15, 0.2) is 62.0 Å². The fourth-order valence-electron chi connectivity index (χ4n) is 2.33. The lowest BCUT2D eigenvalue weighted by Gasteiger charge is -2.15. The van der Waals surface area contributed by atoms with Gasteiger partial charge in [0.1, 0.15) is 15.2 Å². The zero-order valence-electron chi connectivity index (χ0n) is 14.0. The number of nitrogens with one attached hydrogen (secondary N) is 2. The molecule has 0 aliphatic rings. The zero-order chi connectivity index (χ0) is 19.3. The van der Waals surface area contributed by atoms with Crippen molar-refractivity contribution in [1.29, 1.82) is 0 Å². The lowest BCUT2D eigenvalue weighted by atomic mass is 10.3. The van der Waals surface area contributed by atoms with E-state index in [1.165, 1.54) is 29.7 Å². The molecule has 1 atom stereocenters. The molecule has 3 aromatic heterocycles.